The van der Waals surface area contributed by atoms with Crippen LogP contribution in [0.5, 0.6) is 0 Å². The van der Waals surface area contributed by atoms with Crippen molar-refractivity contribution in [2.24, 2.45) is 0 Å². The molecule has 1 aliphatic rings. The van der Waals surface area contributed by atoms with Crippen molar-refractivity contribution < 1.29 is 9.47 Å². The summed E-state index contributed by atoms with van der Waals surface area (Å²) >= 11 is 15.3. The molecule has 0 amide bonds. The minimum absolute atomic E-state index is 0.391. The summed E-state index contributed by atoms with van der Waals surface area (Å²) in [7, 11) is 0. The van der Waals surface area contributed by atoms with E-state index in [0.717, 1.165) is 10.0 Å². The van der Waals surface area contributed by atoms with Gasteiger partial charge in [0, 0.05) is 15.1 Å². The third kappa shape index (κ3) is 2.07. The van der Waals surface area contributed by atoms with Gasteiger partial charge in [-0.1, -0.05) is 23.2 Å². The standard InChI is InChI=1S/C9H7BrCl2O2/c10-7-4-5(11)3-6(8(7)12)9-13-1-2-14-9/h3-4,9H,1-2H2. The van der Waals surface area contributed by atoms with Crippen molar-refractivity contribution in [3.63, 3.8) is 0 Å². The summed E-state index contributed by atoms with van der Waals surface area (Å²) < 4.78 is 11.4. The van der Waals surface area contributed by atoms with E-state index in [4.69, 9.17) is 32.7 Å². The Hall–Kier alpha value is 0.200. The first-order chi connectivity index (χ1) is 6.68. The van der Waals surface area contributed by atoms with Crippen molar-refractivity contribution in [2.75, 3.05) is 13.2 Å². The molecule has 0 aliphatic carbocycles. The van der Waals surface area contributed by atoms with Crippen molar-refractivity contribution in [3.8, 4) is 0 Å². The van der Waals surface area contributed by atoms with Crippen molar-refractivity contribution in [2.45, 2.75) is 6.29 Å². The third-order valence-corrected chi connectivity index (χ3v) is 3.39. The summed E-state index contributed by atoms with van der Waals surface area (Å²) in [6.45, 7) is 1.18. The number of benzene rings is 1. The van der Waals surface area contributed by atoms with E-state index in [1.165, 1.54) is 0 Å². The molecule has 14 heavy (non-hydrogen) atoms. The number of rotatable bonds is 1. The van der Waals surface area contributed by atoms with Gasteiger partial charge >= 0.3 is 0 Å². The maximum Gasteiger partial charge on any atom is 0.185 e. The second-order valence-electron chi connectivity index (χ2n) is 2.86. The minimum Gasteiger partial charge on any atom is -0.346 e. The van der Waals surface area contributed by atoms with E-state index in [9.17, 15) is 0 Å². The van der Waals surface area contributed by atoms with Crippen LogP contribution in [0.15, 0.2) is 16.6 Å². The summed E-state index contributed by atoms with van der Waals surface area (Å²) in [6.07, 6.45) is -0.391. The van der Waals surface area contributed by atoms with Crippen LogP contribution in [0.25, 0.3) is 0 Å². The number of hydrogen-bond acceptors (Lipinski definition) is 2. The molecule has 0 bridgehead atoms. The molecule has 76 valence electrons. The molecule has 1 aromatic carbocycles. The highest BCUT2D eigenvalue weighted by molar-refractivity contribution is 9.10. The van der Waals surface area contributed by atoms with Crippen molar-refractivity contribution in [3.05, 3.63) is 32.2 Å². The summed E-state index contributed by atoms with van der Waals surface area (Å²) in [5.74, 6) is 0. The van der Waals surface area contributed by atoms with Crippen LogP contribution in [0.2, 0.25) is 10.0 Å². The lowest BCUT2D eigenvalue weighted by atomic mass is 10.2. The van der Waals surface area contributed by atoms with E-state index in [0.29, 0.717) is 23.3 Å². The number of ether oxygens (including phenoxy) is 2. The van der Waals surface area contributed by atoms with Crippen LogP contribution in [0, 0.1) is 0 Å². The molecule has 0 saturated carbocycles. The Balaban J connectivity index is 2.40. The highest BCUT2D eigenvalue weighted by atomic mass is 79.9. The average Bonchev–Trinajstić information content (AvgIpc) is 2.63. The van der Waals surface area contributed by atoms with Gasteiger partial charge in [-0.15, -0.1) is 0 Å². The van der Waals surface area contributed by atoms with Crippen LogP contribution < -0.4 is 0 Å². The van der Waals surface area contributed by atoms with E-state index in [1.54, 1.807) is 12.1 Å². The molecule has 0 unspecified atom stereocenters. The summed E-state index contributed by atoms with van der Waals surface area (Å²) in [4.78, 5) is 0. The zero-order valence-electron chi connectivity index (χ0n) is 7.10. The molecular weight excluding hydrogens is 291 g/mol. The van der Waals surface area contributed by atoms with Gasteiger partial charge in [0.15, 0.2) is 6.29 Å². The molecule has 1 aliphatic heterocycles. The molecule has 1 fully saturated rings. The van der Waals surface area contributed by atoms with Crippen LogP contribution >= 0.6 is 39.1 Å². The fraction of sp³-hybridized carbons (Fsp3) is 0.333. The minimum atomic E-state index is -0.391. The monoisotopic (exact) mass is 296 g/mol. The van der Waals surface area contributed by atoms with Crippen molar-refractivity contribution in [1.82, 2.24) is 0 Å². The van der Waals surface area contributed by atoms with E-state index in [-0.39, 0.29) is 0 Å². The Morgan fingerprint density at radius 3 is 2.50 bits per heavy atom. The summed E-state index contributed by atoms with van der Waals surface area (Å²) in [6, 6.07) is 3.49. The maximum atomic E-state index is 6.08. The summed E-state index contributed by atoms with van der Waals surface area (Å²) in [5.41, 5.74) is 0.767. The SMILES string of the molecule is Clc1cc(Br)c(Cl)c(C2OCCO2)c1. The highest BCUT2D eigenvalue weighted by Gasteiger charge is 2.22. The van der Waals surface area contributed by atoms with Crippen LogP contribution in [0.1, 0.15) is 11.9 Å². The predicted molar refractivity (Wildman–Crippen MR) is 58.8 cm³/mol. The Labute approximate surface area is 100 Å². The van der Waals surface area contributed by atoms with Gasteiger partial charge in [0.2, 0.25) is 0 Å². The molecular formula is C9H7BrCl2O2. The Kier molecular flexibility index (Phi) is 3.34. The molecule has 2 nitrogen and oxygen atoms in total. The van der Waals surface area contributed by atoms with Crippen LogP contribution in [0.4, 0.5) is 0 Å². The molecule has 0 N–H and O–H groups in total. The molecule has 1 heterocycles. The lowest BCUT2D eigenvalue weighted by Crippen LogP contribution is -1.99. The van der Waals surface area contributed by atoms with Gasteiger partial charge in [-0.05, 0) is 28.1 Å². The Bertz CT molecular complexity index is 351. The van der Waals surface area contributed by atoms with Gasteiger partial charge in [0.25, 0.3) is 0 Å². The predicted octanol–water partition coefficient (Wildman–Crippen LogP) is 3.80. The largest absolute Gasteiger partial charge is 0.346 e. The molecule has 1 saturated heterocycles. The first-order valence-corrected chi connectivity index (χ1v) is 5.61. The molecule has 1 aromatic rings. The lowest BCUT2D eigenvalue weighted by Gasteiger charge is -2.12. The molecule has 0 spiro atoms. The van der Waals surface area contributed by atoms with Crippen LogP contribution in [-0.2, 0) is 9.47 Å². The number of halogens is 3. The third-order valence-electron chi connectivity index (χ3n) is 1.90. The summed E-state index contributed by atoms with van der Waals surface area (Å²) in [5, 5.41) is 1.19. The fourth-order valence-corrected chi connectivity index (χ4v) is 2.32. The Morgan fingerprint density at radius 2 is 1.86 bits per heavy atom. The quantitative estimate of drug-likeness (QED) is 0.734. The Morgan fingerprint density at radius 1 is 1.21 bits per heavy atom. The molecule has 5 heteroatoms. The maximum absolute atomic E-state index is 6.08. The topological polar surface area (TPSA) is 18.5 Å². The van der Waals surface area contributed by atoms with Crippen LogP contribution in [-0.4, -0.2) is 13.2 Å². The zero-order chi connectivity index (χ0) is 10.1. The highest BCUT2D eigenvalue weighted by Crippen LogP contribution is 2.36. The van der Waals surface area contributed by atoms with Gasteiger partial charge in [-0.3, -0.25) is 0 Å². The molecule has 0 radical (unpaired) electrons. The molecule has 0 atom stereocenters. The molecule has 0 aromatic heterocycles. The first-order valence-electron chi connectivity index (χ1n) is 4.06. The average molecular weight is 298 g/mol. The van der Waals surface area contributed by atoms with Crippen molar-refractivity contribution in [1.29, 1.82) is 0 Å². The van der Waals surface area contributed by atoms with E-state index < -0.39 is 6.29 Å². The smallest absolute Gasteiger partial charge is 0.185 e. The lowest BCUT2D eigenvalue weighted by molar-refractivity contribution is -0.0440. The fourth-order valence-electron chi connectivity index (χ4n) is 1.29. The molecule has 2 rings (SSSR count). The zero-order valence-corrected chi connectivity index (χ0v) is 10.2. The normalized spacial score (nSPS) is 17.6. The number of hydrogen-bond donors (Lipinski definition) is 0. The van der Waals surface area contributed by atoms with E-state index >= 15 is 0 Å². The van der Waals surface area contributed by atoms with Gasteiger partial charge < -0.3 is 9.47 Å². The van der Waals surface area contributed by atoms with E-state index in [1.807, 2.05) is 0 Å². The van der Waals surface area contributed by atoms with Crippen LogP contribution in [0.3, 0.4) is 0 Å². The van der Waals surface area contributed by atoms with Gasteiger partial charge in [-0.2, -0.15) is 0 Å². The van der Waals surface area contributed by atoms with Gasteiger partial charge in [0.1, 0.15) is 0 Å². The van der Waals surface area contributed by atoms with Gasteiger partial charge in [0.05, 0.1) is 18.2 Å². The van der Waals surface area contributed by atoms with Crippen molar-refractivity contribution >= 4 is 39.1 Å². The van der Waals surface area contributed by atoms with E-state index in [2.05, 4.69) is 15.9 Å². The second-order valence-corrected chi connectivity index (χ2v) is 4.53. The first kappa shape index (κ1) is 10.7. The second kappa shape index (κ2) is 4.37. The van der Waals surface area contributed by atoms with Gasteiger partial charge in [-0.25, -0.2) is 0 Å².